The summed E-state index contributed by atoms with van der Waals surface area (Å²) < 4.78 is 2.09. The average Bonchev–Trinajstić information content (AvgIpc) is 2.40. The first-order valence-electron chi connectivity index (χ1n) is 4.13. The predicted octanol–water partition coefficient (Wildman–Crippen LogP) is 0.937. The molecule has 2 rings (SSSR count). The lowest BCUT2D eigenvalue weighted by molar-refractivity contribution is 0.582. The summed E-state index contributed by atoms with van der Waals surface area (Å²) in [6.07, 6.45) is 3.05. The van der Waals surface area contributed by atoms with Crippen molar-refractivity contribution in [1.29, 1.82) is 0 Å². The van der Waals surface area contributed by atoms with E-state index in [4.69, 9.17) is 0 Å². The smallest absolute Gasteiger partial charge is 0.0550 e. The third kappa shape index (κ3) is 1.16. The fourth-order valence-corrected chi connectivity index (χ4v) is 1.55. The Balaban J connectivity index is 2.34. The summed E-state index contributed by atoms with van der Waals surface area (Å²) >= 11 is 0. The Kier molecular flexibility index (Phi) is 1.66. The molecule has 0 aliphatic carbocycles. The molecule has 1 aromatic rings. The first kappa shape index (κ1) is 6.85. The van der Waals surface area contributed by atoms with Gasteiger partial charge in [0.15, 0.2) is 0 Å². The van der Waals surface area contributed by atoms with E-state index in [0.29, 0.717) is 6.04 Å². The van der Waals surface area contributed by atoms with Crippen LogP contribution < -0.4 is 5.32 Å². The van der Waals surface area contributed by atoms with E-state index in [9.17, 15) is 0 Å². The molecule has 3 nitrogen and oxygen atoms in total. The minimum Gasteiger partial charge on any atom is -0.309 e. The summed E-state index contributed by atoms with van der Waals surface area (Å²) in [4.78, 5) is 0. The number of hydrogen-bond acceptors (Lipinski definition) is 2. The van der Waals surface area contributed by atoms with Gasteiger partial charge in [0.05, 0.1) is 5.69 Å². The minimum absolute atomic E-state index is 0.458. The van der Waals surface area contributed by atoms with Crippen LogP contribution in [0.2, 0.25) is 0 Å². The second kappa shape index (κ2) is 2.66. The minimum atomic E-state index is 0.458. The molecule has 0 saturated heterocycles. The second-order valence-electron chi connectivity index (χ2n) is 3.01. The zero-order chi connectivity index (χ0) is 7.68. The topological polar surface area (TPSA) is 29.9 Å². The standard InChI is InChI=1S/C8H13N3/c1-7-8-3-5-10-11(8)6-2-4-9-7/h3,5,7,9H,2,4,6H2,1H3/t7-/m1/s1. The van der Waals surface area contributed by atoms with Gasteiger partial charge in [-0.25, -0.2) is 0 Å². The molecule has 60 valence electrons. The van der Waals surface area contributed by atoms with E-state index >= 15 is 0 Å². The number of hydrogen-bond donors (Lipinski definition) is 1. The van der Waals surface area contributed by atoms with Gasteiger partial charge in [-0.15, -0.1) is 0 Å². The molecule has 0 saturated carbocycles. The SMILES string of the molecule is C[C@H]1NCCCn2nccc21. The fraction of sp³-hybridized carbons (Fsp3) is 0.625. The first-order chi connectivity index (χ1) is 5.38. The zero-order valence-electron chi connectivity index (χ0n) is 6.75. The van der Waals surface area contributed by atoms with E-state index in [1.54, 1.807) is 0 Å². The average molecular weight is 151 g/mol. The number of nitrogens with zero attached hydrogens (tertiary/aromatic N) is 2. The largest absolute Gasteiger partial charge is 0.309 e. The summed E-state index contributed by atoms with van der Waals surface area (Å²) in [6.45, 7) is 4.34. The van der Waals surface area contributed by atoms with E-state index in [0.717, 1.165) is 13.1 Å². The lowest BCUT2D eigenvalue weighted by Gasteiger charge is -2.09. The lowest BCUT2D eigenvalue weighted by atomic mass is 10.2. The molecule has 11 heavy (non-hydrogen) atoms. The summed E-state index contributed by atoms with van der Waals surface area (Å²) in [5, 5.41) is 7.67. The molecule has 0 bridgehead atoms. The van der Waals surface area contributed by atoms with Crippen LogP contribution in [0.3, 0.4) is 0 Å². The molecule has 0 radical (unpaired) electrons. The van der Waals surface area contributed by atoms with Gasteiger partial charge in [0.1, 0.15) is 0 Å². The molecule has 0 fully saturated rings. The normalized spacial score (nSPS) is 24.3. The molecule has 0 unspecified atom stereocenters. The molecule has 0 spiro atoms. The van der Waals surface area contributed by atoms with Gasteiger partial charge in [0.25, 0.3) is 0 Å². The summed E-state index contributed by atoms with van der Waals surface area (Å²) in [5.41, 5.74) is 1.31. The Bertz CT molecular complexity index is 241. The molecule has 3 heteroatoms. The highest BCUT2D eigenvalue weighted by molar-refractivity contribution is 5.06. The number of fused-ring (bicyclic) bond motifs is 1. The predicted molar refractivity (Wildman–Crippen MR) is 43.3 cm³/mol. The first-order valence-corrected chi connectivity index (χ1v) is 4.13. The summed E-state index contributed by atoms with van der Waals surface area (Å²) in [6, 6.07) is 2.54. The van der Waals surface area contributed by atoms with Gasteiger partial charge >= 0.3 is 0 Å². The van der Waals surface area contributed by atoms with Gasteiger partial charge in [0, 0.05) is 18.8 Å². The zero-order valence-corrected chi connectivity index (χ0v) is 6.75. The van der Waals surface area contributed by atoms with Crippen LogP contribution in [0.15, 0.2) is 12.3 Å². The molecule has 0 aromatic carbocycles. The van der Waals surface area contributed by atoms with Crippen LogP contribution in [-0.4, -0.2) is 16.3 Å². The molecule has 2 heterocycles. The van der Waals surface area contributed by atoms with E-state index in [-0.39, 0.29) is 0 Å². The number of aryl methyl sites for hydroxylation is 1. The van der Waals surface area contributed by atoms with Crippen LogP contribution in [0, 0.1) is 0 Å². The van der Waals surface area contributed by atoms with E-state index < -0.39 is 0 Å². The van der Waals surface area contributed by atoms with Crippen molar-refractivity contribution >= 4 is 0 Å². The highest BCUT2D eigenvalue weighted by Crippen LogP contribution is 2.14. The molecular formula is C8H13N3. The van der Waals surface area contributed by atoms with Crippen molar-refractivity contribution in [2.75, 3.05) is 6.54 Å². The van der Waals surface area contributed by atoms with Gasteiger partial charge in [-0.05, 0) is 26.0 Å². The number of rotatable bonds is 0. The fourth-order valence-electron chi connectivity index (χ4n) is 1.55. The molecule has 0 amide bonds. The van der Waals surface area contributed by atoms with Crippen LogP contribution in [0.25, 0.3) is 0 Å². The van der Waals surface area contributed by atoms with Gasteiger partial charge in [-0.1, -0.05) is 0 Å². The van der Waals surface area contributed by atoms with Crippen molar-refractivity contribution in [2.24, 2.45) is 0 Å². The summed E-state index contributed by atoms with van der Waals surface area (Å²) in [7, 11) is 0. The van der Waals surface area contributed by atoms with E-state index in [2.05, 4.69) is 28.1 Å². The molecule has 1 atom stereocenters. The van der Waals surface area contributed by atoms with Crippen LogP contribution in [0.1, 0.15) is 25.1 Å². The van der Waals surface area contributed by atoms with Crippen LogP contribution in [0.5, 0.6) is 0 Å². The van der Waals surface area contributed by atoms with Gasteiger partial charge in [-0.2, -0.15) is 5.10 Å². The monoisotopic (exact) mass is 151 g/mol. The van der Waals surface area contributed by atoms with Crippen molar-refractivity contribution < 1.29 is 0 Å². The Morgan fingerprint density at radius 2 is 2.64 bits per heavy atom. The summed E-state index contributed by atoms with van der Waals surface area (Å²) in [5.74, 6) is 0. The van der Waals surface area contributed by atoms with Gasteiger partial charge in [-0.3, -0.25) is 4.68 Å². The van der Waals surface area contributed by atoms with Crippen LogP contribution in [-0.2, 0) is 6.54 Å². The third-order valence-electron chi connectivity index (χ3n) is 2.19. The Morgan fingerprint density at radius 3 is 3.55 bits per heavy atom. The van der Waals surface area contributed by atoms with Crippen molar-refractivity contribution in [3.63, 3.8) is 0 Å². The van der Waals surface area contributed by atoms with E-state index in [1.165, 1.54) is 12.1 Å². The van der Waals surface area contributed by atoms with Gasteiger partial charge < -0.3 is 5.32 Å². The molecule has 1 N–H and O–H groups in total. The van der Waals surface area contributed by atoms with E-state index in [1.807, 2.05) is 6.20 Å². The maximum absolute atomic E-state index is 4.24. The van der Waals surface area contributed by atoms with Crippen molar-refractivity contribution in [3.8, 4) is 0 Å². The third-order valence-corrected chi connectivity index (χ3v) is 2.19. The molecular weight excluding hydrogens is 138 g/mol. The highest BCUT2D eigenvalue weighted by atomic mass is 15.3. The van der Waals surface area contributed by atoms with Crippen LogP contribution >= 0.6 is 0 Å². The molecule has 1 aliphatic rings. The maximum atomic E-state index is 4.24. The van der Waals surface area contributed by atoms with Crippen molar-refractivity contribution in [3.05, 3.63) is 18.0 Å². The number of nitrogens with one attached hydrogen (secondary N) is 1. The maximum Gasteiger partial charge on any atom is 0.0550 e. The van der Waals surface area contributed by atoms with Crippen molar-refractivity contribution in [1.82, 2.24) is 15.1 Å². The van der Waals surface area contributed by atoms with Crippen molar-refractivity contribution in [2.45, 2.75) is 25.9 Å². The Hall–Kier alpha value is -0.830. The highest BCUT2D eigenvalue weighted by Gasteiger charge is 2.12. The molecule has 1 aromatic heterocycles. The van der Waals surface area contributed by atoms with Crippen LogP contribution in [0.4, 0.5) is 0 Å². The quantitative estimate of drug-likeness (QED) is 0.598. The number of aromatic nitrogens is 2. The Labute approximate surface area is 66.4 Å². The second-order valence-corrected chi connectivity index (χ2v) is 3.01. The lowest BCUT2D eigenvalue weighted by Crippen LogP contribution is -2.17. The Morgan fingerprint density at radius 1 is 1.73 bits per heavy atom. The van der Waals surface area contributed by atoms with Gasteiger partial charge in [0.2, 0.25) is 0 Å². The molecule has 1 aliphatic heterocycles.